The van der Waals surface area contributed by atoms with Crippen LogP contribution in [0.15, 0.2) is 18.2 Å². The van der Waals surface area contributed by atoms with E-state index in [1.165, 1.54) is 6.07 Å². The van der Waals surface area contributed by atoms with Crippen LogP contribution in [0, 0.1) is 11.2 Å². The summed E-state index contributed by atoms with van der Waals surface area (Å²) in [5.41, 5.74) is -0.568. The second-order valence-electron chi connectivity index (χ2n) is 5.28. The van der Waals surface area contributed by atoms with E-state index in [2.05, 4.69) is 5.32 Å². The van der Waals surface area contributed by atoms with Gasteiger partial charge in [0.2, 0.25) is 0 Å². The zero-order valence-electron chi connectivity index (χ0n) is 9.65. The number of alkyl halides is 3. The summed E-state index contributed by atoms with van der Waals surface area (Å²) in [6.07, 6.45) is -2.80. The van der Waals surface area contributed by atoms with E-state index < -0.39 is 17.6 Å². The van der Waals surface area contributed by atoms with Crippen LogP contribution in [-0.4, -0.2) is 13.1 Å². The molecule has 1 heterocycles. The van der Waals surface area contributed by atoms with Gasteiger partial charge in [0.05, 0.1) is 5.56 Å². The lowest BCUT2D eigenvalue weighted by Gasteiger charge is -2.15. The minimum Gasteiger partial charge on any atom is -0.316 e. The maximum atomic E-state index is 13.0. The highest BCUT2D eigenvalue weighted by atomic mass is 19.4. The van der Waals surface area contributed by atoms with Crippen molar-refractivity contribution >= 4 is 0 Å². The Morgan fingerprint density at radius 3 is 2.67 bits per heavy atom. The minimum absolute atomic E-state index is 0.0160. The van der Waals surface area contributed by atoms with E-state index in [-0.39, 0.29) is 16.9 Å². The van der Waals surface area contributed by atoms with Gasteiger partial charge in [0.1, 0.15) is 5.82 Å². The van der Waals surface area contributed by atoms with Crippen molar-refractivity contribution in [1.29, 1.82) is 0 Å². The topological polar surface area (TPSA) is 12.0 Å². The van der Waals surface area contributed by atoms with Crippen LogP contribution in [0.25, 0.3) is 0 Å². The second-order valence-corrected chi connectivity index (χ2v) is 5.28. The summed E-state index contributed by atoms with van der Waals surface area (Å²) in [4.78, 5) is 0. The van der Waals surface area contributed by atoms with E-state index in [0.717, 1.165) is 32.0 Å². The molecule has 0 aromatic heterocycles. The molecule has 18 heavy (non-hydrogen) atoms. The van der Waals surface area contributed by atoms with Crippen molar-refractivity contribution in [3.8, 4) is 0 Å². The molecule has 0 amide bonds. The third-order valence-corrected chi connectivity index (χ3v) is 4.16. The van der Waals surface area contributed by atoms with Crippen LogP contribution in [0.2, 0.25) is 0 Å². The van der Waals surface area contributed by atoms with Gasteiger partial charge in [-0.05, 0) is 48.4 Å². The smallest absolute Gasteiger partial charge is 0.316 e. The molecule has 1 aliphatic heterocycles. The van der Waals surface area contributed by atoms with Gasteiger partial charge in [0.25, 0.3) is 0 Å². The molecule has 2 fully saturated rings. The minimum atomic E-state index is -4.48. The molecule has 98 valence electrons. The Morgan fingerprint density at radius 2 is 2.06 bits per heavy atom. The molecule has 5 heteroatoms. The van der Waals surface area contributed by atoms with Gasteiger partial charge >= 0.3 is 6.18 Å². The normalized spacial score (nSPS) is 31.0. The van der Waals surface area contributed by atoms with E-state index in [0.29, 0.717) is 6.07 Å². The summed E-state index contributed by atoms with van der Waals surface area (Å²) in [5, 5.41) is 3.19. The van der Waals surface area contributed by atoms with Gasteiger partial charge in [-0.1, -0.05) is 6.07 Å². The Morgan fingerprint density at radius 1 is 1.28 bits per heavy atom. The van der Waals surface area contributed by atoms with E-state index in [1.54, 1.807) is 0 Å². The maximum Gasteiger partial charge on any atom is 0.416 e. The standard InChI is InChI=1S/C13H13F4N/c14-8-1-2-9(10(5-8)13(15,16)17)11-6-12(11)3-4-18-7-12/h1-2,5,11,18H,3-4,6-7H2/t11-,12+/m1/s1. The van der Waals surface area contributed by atoms with Gasteiger partial charge in [-0.3, -0.25) is 0 Å². The zero-order chi connectivity index (χ0) is 13.0. The first-order valence-corrected chi connectivity index (χ1v) is 6.00. The zero-order valence-corrected chi connectivity index (χ0v) is 9.65. The fraction of sp³-hybridized carbons (Fsp3) is 0.538. The quantitative estimate of drug-likeness (QED) is 0.763. The number of hydrogen-bond acceptors (Lipinski definition) is 1. The summed E-state index contributed by atoms with van der Waals surface area (Å²) in [7, 11) is 0. The van der Waals surface area contributed by atoms with E-state index >= 15 is 0 Å². The van der Waals surface area contributed by atoms with Crippen molar-refractivity contribution in [1.82, 2.24) is 5.32 Å². The maximum absolute atomic E-state index is 13.0. The van der Waals surface area contributed by atoms with Crippen LogP contribution < -0.4 is 5.32 Å². The summed E-state index contributed by atoms with van der Waals surface area (Å²) < 4.78 is 51.7. The summed E-state index contributed by atoms with van der Waals surface area (Å²) in [6.45, 7) is 1.63. The molecule has 2 atom stereocenters. The molecule has 1 aromatic carbocycles. The average molecular weight is 259 g/mol. The second kappa shape index (κ2) is 3.70. The van der Waals surface area contributed by atoms with Crippen LogP contribution in [0.3, 0.4) is 0 Å². The number of hydrogen-bond donors (Lipinski definition) is 1. The predicted molar refractivity (Wildman–Crippen MR) is 58.7 cm³/mol. The lowest BCUT2D eigenvalue weighted by atomic mass is 9.94. The Kier molecular flexibility index (Phi) is 2.46. The first-order valence-electron chi connectivity index (χ1n) is 6.00. The van der Waals surface area contributed by atoms with Gasteiger partial charge in [0.15, 0.2) is 0 Å². The number of benzene rings is 1. The molecule has 1 aliphatic carbocycles. The lowest BCUT2D eigenvalue weighted by Crippen LogP contribution is -2.13. The molecule has 2 aliphatic rings. The molecule has 3 rings (SSSR count). The molecule has 1 spiro atoms. The molecule has 1 saturated heterocycles. The molecule has 0 radical (unpaired) electrons. The molecule has 0 unspecified atom stereocenters. The van der Waals surface area contributed by atoms with Gasteiger partial charge < -0.3 is 5.32 Å². The first-order chi connectivity index (χ1) is 8.42. The van der Waals surface area contributed by atoms with E-state index in [4.69, 9.17) is 0 Å². The van der Waals surface area contributed by atoms with Crippen molar-refractivity contribution < 1.29 is 17.6 Å². The molecule has 1 nitrogen and oxygen atoms in total. The van der Waals surface area contributed by atoms with Crippen molar-refractivity contribution in [3.63, 3.8) is 0 Å². The molecule has 1 aromatic rings. The Hall–Kier alpha value is -1.10. The SMILES string of the molecule is Fc1ccc([C@H]2C[C@]23CCNC3)c(C(F)(F)F)c1. The van der Waals surface area contributed by atoms with Crippen molar-refractivity contribution in [2.24, 2.45) is 5.41 Å². The highest BCUT2D eigenvalue weighted by Gasteiger charge is 2.57. The first kappa shape index (κ1) is 12.0. The monoisotopic (exact) mass is 259 g/mol. The van der Waals surface area contributed by atoms with Crippen molar-refractivity contribution in [3.05, 3.63) is 35.1 Å². The van der Waals surface area contributed by atoms with Gasteiger partial charge in [0, 0.05) is 6.54 Å². The van der Waals surface area contributed by atoms with Crippen molar-refractivity contribution in [2.75, 3.05) is 13.1 Å². The van der Waals surface area contributed by atoms with Crippen LogP contribution in [0.4, 0.5) is 17.6 Å². The molecule has 0 bridgehead atoms. The highest BCUT2D eigenvalue weighted by Crippen LogP contribution is 2.63. The molecule has 1 N–H and O–H groups in total. The van der Waals surface area contributed by atoms with Crippen LogP contribution in [0.5, 0.6) is 0 Å². The van der Waals surface area contributed by atoms with E-state index in [9.17, 15) is 17.6 Å². The summed E-state index contributed by atoms with van der Waals surface area (Å²) in [5.74, 6) is -0.907. The molecular formula is C13H13F4N. The largest absolute Gasteiger partial charge is 0.416 e. The molecule has 1 saturated carbocycles. The van der Waals surface area contributed by atoms with Crippen molar-refractivity contribution in [2.45, 2.75) is 24.9 Å². The average Bonchev–Trinajstić information content (AvgIpc) is 2.76. The fourth-order valence-corrected chi connectivity index (χ4v) is 3.10. The van der Waals surface area contributed by atoms with Crippen LogP contribution in [-0.2, 0) is 6.18 Å². The third kappa shape index (κ3) is 1.81. The Balaban J connectivity index is 1.98. The number of nitrogens with one attached hydrogen (secondary N) is 1. The fourth-order valence-electron chi connectivity index (χ4n) is 3.10. The highest BCUT2D eigenvalue weighted by molar-refractivity contribution is 5.40. The van der Waals surface area contributed by atoms with Gasteiger partial charge in [-0.15, -0.1) is 0 Å². The van der Waals surface area contributed by atoms with Crippen LogP contribution in [0.1, 0.15) is 29.9 Å². The van der Waals surface area contributed by atoms with E-state index in [1.807, 2.05) is 0 Å². The molecular weight excluding hydrogens is 246 g/mol. The summed E-state index contributed by atoms with van der Waals surface area (Å²) in [6, 6.07) is 3.04. The Bertz CT molecular complexity index is 474. The van der Waals surface area contributed by atoms with Crippen LogP contribution >= 0.6 is 0 Å². The van der Waals surface area contributed by atoms with Gasteiger partial charge in [-0.25, -0.2) is 4.39 Å². The number of halogens is 4. The third-order valence-electron chi connectivity index (χ3n) is 4.16. The summed E-state index contributed by atoms with van der Waals surface area (Å²) >= 11 is 0. The van der Waals surface area contributed by atoms with Gasteiger partial charge in [-0.2, -0.15) is 13.2 Å². The lowest BCUT2D eigenvalue weighted by molar-refractivity contribution is -0.138. The predicted octanol–water partition coefficient (Wildman–Crippen LogP) is 3.31. The Labute approximate surface area is 102 Å². The number of rotatable bonds is 1.